The number of hydrogen-bond donors (Lipinski definition) is 2. The van der Waals surface area contributed by atoms with E-state index in [1.165, 1.54) is 4.90 Å². The summed E-state index contributed by atoms with van der Waals surface area (Å²) in [5.74, 6) is -3.10. The molecule has 3 rings (SSSR count). The van der Waals surface area contributed by atoms with Gasteiger partial charge in [0.25, 0.3) is 11.7 Å². The van der Waals surface area contributed by atoms with Gasteiger partial charge in [-0.1, -0.05) is 23.9 Å². The molecule has 1 fully saturated rings. The molecule has 1 heterocycles. The number of anilines is 2. The molecule has 158 valence electrons. The average molecular weight is 433 g/mol. The van der Waals surface area contributed by atoms with E-state index < -0.39 is 5.76 Å². The second kappa shape index (κ2) is 10.2. The minimum atomic E-state index is -2.48. The summed E-state index contributed by atoms with van der Waals surface area (Å²) in [4.78, 5) is 37.5. The van der Waals surface area contributed by atoms with Crippen molar-refractivity contribution in [3.05, 3.63) is 54.1 Å². The van der Waals surface area contributed by atoms with Crippen molar-refractivity contribution < 1.29 is 23.2 Å². The minimum Gasteiger partial charge on any atom is -0.355 e. The first-order valence-electron chi connectivity index (χ1n) is 9.46. The highest BCUT2D eigenvalue weighted by Gasteiger charge is 2.27. The molecule has 0 radical (unpaired) electrons. The predicted octanol–water partition coefficient (Wildman–Crippen LogP) is 4.01. The monoisotopic (exact) mass is 433 g/mol. The van der Waals surface area contributed by atoms with Crippen molar-refractivity contribution in [2.24, 2.45) is 0 Å². The molecule has 6 nitrogen and oxygen atoms in total. The lowest BCUT2D eigenvalue weighted by molar-refractivity contribution is -0.138. The number of alkyl halides is 2. The van der Waals surface area contributed by atoms with Crippen molar-refractivity contribution in [1.29, 1.82) is 0 Å². The molecule has 1 saturated heterocycles. The molecule has 0 aliphatic carbocycles. The quantitative estimate of drug-likeness (QED) is 0.355. The lowest BCUT2D eigenvalue weighted by atomic mass is 10.1. The number of nitrogens with one attached hydrogen (secondary N) is 2. The van der Waals surface area contributed by atoms with Crippen LogP contribution < -0.4 is 10.6 Å². The van der Waals surface area contributed by atoms with E-state index in [0.29, 0.717) is 53.1 Å². The Bertz CT molecular complexity index is 906. The first-order valence-corrected chi connectivity index (χ1v) is 10.3. The Hall–Kier alpha value is -2.94. The summed E-state index contributed by atoms with van der Waals surface area (Å²) < 4.78 is 24.9. The maximum Gasteiger partial charge on any atom is 0.288 e. The van der Waals surface area contributed by atoms with E-state index >= 15 is 0 Å². The minimum absolute atomic E-state index is 0.168. The molecular formula is C21H21F2N3O3S. The summed E-state index contributed by atoms with van der Waals surface area (Å²) in [6.07, 6.45) is 0.986. The normalized spacial score (nSPS) is 13.8. The number of carbonyl (C=O) groups excluding carboxylic acids is 3. The van der Waals surface area contributed by atoms with Gasteiger partial charge in [0, 0.05) is 36.5 Å². The van der Waals surface area contributed by atoms with Gasteiger partial charge in [-0.15, -0.1) is 0 Å². The van der Waals surface area contributed by atoms with Crippen LogP contribution in [-0.2, 0) is 9.59 Å². The van der Waals surface area contributed by atoms with E-state index in [-0.39, 0.29) is 30.6 Å². The zero-order chi connectivity index (χ0) is 21.5. The highest BCUT2D eigenvalue weighted by atomic mass is 32.2. The van der Waals surface area contributed by atoms with Crippen molar-refractivity contribution in [1.82, 2.24) is 10.2 Å². The highest BCUT2D eigenvalue weighted by Crippen LogP contribution is 2.28. The molecular weight excluding hydrogens is 412 g/mol. The number of halogens is 2. The van der Waals surface area contributed by atoms with Gasteiger partial charge in [-0.25, -0.2) is 0 Å². The number of thioether (sulfide) groups is 1. The number of nitrogens with zero attached hydrogens (tertiary/aromatic N) is 1. The summed E-state index contributed by atoms with van der Waals surface area (Å²) in [7, 11) is 0. The van der Waals surface area contributed by atoms with Gasteiger partial charge in [0.2, 0.25) is 11.8 Å². The number of imide groups is 1. The molecule has 0 bridgehead atoms. The maximum atomic E-state index is 12.6. The lowest BCUT2D eigenvalue weighted by Crippen LogP contribution is -2.33. The Morgan fingerprint density at radius 2 is 1.70 bits per heavy atom. The fourth-order valence-electron chi connectivity index (χ4n) is 3.07. The largest absolute Gasteiger partial charge is 0.355 e. The van der Waals surface area contributed by atoms with Crippen molar-refractivity contribution in [3.63, 3.8) is 0 Å². The number of amides is 3. The van der Waals surface area contributed by atoms with E-state index in [0.717, 1.165) is 0 Å². The zero-order valence-electron chi connectivity index (χ0n) is 16.1. The van der Waals surface area contributed by atoms with Crippen LogP contribution in [-0.4, -0.2) is 41.5 Å². The third-order valence-electron chi connectivity index (χ3n) is 4.53. The van der Waals surface area contributed by atoms with Gasteiger partial charge in [-0.05, 0) is 42.8 Å². The van der Waals surface area contributed by atoms with Gasteiger partial charge in [0.05, 0.1) is 11.3 Å². The van der Waals surface area contributed by atoms with Gasteiger partial charge >= 0.3 is 0 Å². The molecule has 1 aliphatic heterocycles. The fourth-order valence-corrected chi connectivity index (χ4v) is 3.57. The molecule has 9 heteroatoms. The Balaban J connectivity index is 1.55. The van der Waals surface area contributed by atoms with E-state index in [4.69, 9.17) is 0 Å². The van der Waals surface area contributed by atoms with Crippen LogP contribution in [0.25, 0.3) is 0 Å². The molecule has 0 saturated carbocycles. The number of rotatable bonds is 9. The topological polar surface area (TPSA) is 78.5 Å². The highest BCUT2D eigenvalue weighted by molar-refractivity contribution is 7.99. The summed E-state index contributed by atoms with van der Waals surface area (Å²) in [5, 5.41) is 5.92. The second-order valence-corrected chi connectivity index (χ2v) is 7.69. The van der Waals surface area contributed by atoms with Gasteiger partial charge in [-0.2, -0.15) is 8.78 Å². The number of hydrogen-bond acceptors (Lipinski definition) is 5. The van der Waals surface area contributed by atoms with Gasteiger partial charge in [0.1, 0.15) is 0 Å². The molecule has 2 aromatic rings. The first-order chi connectivity index (χ1) is 14.4. The SMILES string of the molecule is O=C(NCCCN1C(=O)CCC1=O)c1ccccc1Nc1ccc(SC(F)F)cc1. The van der Waals surface area contributed by atoms with Crippen LogP contribution in [0.4, 0.5) is 20.2 Å². The van der Waals surface area contributed by atoms with E-state index in [9.17, 15) is 23.2 Å². The second-order valence-electron chi connectivity index (χ2n) is 6.62. The lowest BCUT2D eigenvalue weighted by Gasteiger charge is -2.15. The Morgan fingerprint density at radius 1 is 1.03 bits per heavy atom. The molecule has 2 aromatic carbocycles. The molecule has 0 aromatic heterocycles. The first kappa shape index (κ1) is 21.8. The van der Waals surface area contributed by atoms with Gasteiger partial charge < -0.3 is 10.6 Å². The van der Waals surface area contributed by atoms with E-state index in [1.807, 2.05) is 0 Å². The molecule has 0 atom stereocenters. The molecule has 0 unspecified atom stereocenters. The zero-order valence-corrected chi connectivity index (χ0v) is 16.9. The third kappa shape index (κ3) is 5.79. The molecule has 2 N–H and O–H groups in total. The summed E-state index contributed by atoms with van der Waals surface area (Å²) in [5.41, 5.74) is 1.67. The number of carbonyl (C=O) groups is 3. The molecule has 3 amide bonds. The Labute approximate surface area is 177 Å². The fraction of sp³-hybridized carbons (Fsp3) is 0.286. The maximum absolute atomic E-state index is 12.6. The van der Waals surface area contributed by atoms with Crippen LogP contribution in [0.5, 0.6) is 0 Å². The van der Waals surface area contributed by atoms with Crippen LogP contribution >= 0.6 is 11.8 Å². The van der Waals surface area contributed by atoms with Gasteiger partial charge in [-0.3, -0.25) is 19.3 Å². The molecule has 30 heavy (non-hydrogen) atoms. The smallest absolute Gasteiger partial charge is 0.288 e. The van der Waals surface area contributed by atoms with Crippen LogP contribution in [0.15, 0.2) is 53.4 Å². The summed E-state index contributed by atoms with van der Waals surface area (Å²) in [6, 6.07) is 13.5. The molecule has 1 aliphatic rings. The van der Waals surface area contributed by atoms with Crippen molar-refractivity contribution in [2.75, 3.05) is 18.4 Å². The van der Waals surface area contributed by atoms with Crippen LogP contribution in [0, 0.1) is 0 Å². The summed E-state index contributed by atoms with van der Waals surface area (Å²) in [6.45, 7) is 0.616. The van der Waals surface area contributed by atoms with Crippen molar-refractivity contribution in [2.45, 2.75) is 29.9 Å². The Kier molecular flexibility index (Phi) is 7.40. The summed E-state index contributed by atoms with van der Waals surface area (Å²) >= 11 is 0.471. The Morgan fingerprint density at radius 3 is 2.37 bits per heavy atom. The predicted molar refractivity (Wildman–Crippen MR) is 111 cm³/mol. The van der Waals surface area contributed by atoms with Crippen LogP contribution in [0.3, 0.4) is 0 Å². The molecule has 0 spiro atoms. The number of benzene rings is 2. The standard InChI is InChI=1S/C21H21F2N3O3S/c22-21(23)30-15-8-6-14(7-9-15)25-17-5-2-1-4-16(17)20(29)24-12-3-13-26-18(27)10-11-19(26)28/h1-2,4-9,21,25H,3,10-13H2,(H,24,29). The third-order valence-corrected chi connectivity index (χ3v) is 5.25. The number of likely N-dealkylation sites (tertiary alicyclic amines) is 1. The van der Waals surface area contributed by atoms with Crippen LogP contribution in [0.1, 0.15) is 29.6 Å². The van der Waals surface area contributed by atoms with Crippen LogP contribution in [0.2, 0.25) is 0 Å². The average Bonchev–Trinajstić information content (AvgIpc) is 3.04. The van der Waals surface area contributed by atoms with Crippen molar-refractivity contribution in [3.8, 4) is 0 Å². The van der Waals surface area contributed by atoms with Crippen molar-refractivity contribution >= 4 is 40.9 Å². The number of para-hydroxylation sites is 1. The van der Waals surface area contributed by atoms with E-state index in [1.54, 1.807) is 48.5 Å². The van der Waals surface area contributed by atoms with Gasteiger partial charge in [0.15, 0.2) is 0 Å². The van der Waals surface area contributed by atoms with E-state index in [2.05, 4.69) is 10.6 Å².